The van der Waals surface area contributed by atoms with E-state index in [1.807, 2.05) is 20.2 Å². The second kappa shape index (κ2) is 5.05. The van der Waals surface area contributed by atoms with Gasteiger partial charge in [0.2, 0.25) is 0 Å². The van der Waals surface area contributed by atoms with Crippen LogP contribution < -0.4 is 5.73 Å². The summed E-state index contributed by atoms with van der Waals surface area (Å²) in [7, 11) is 3.36. The van der Waals surface area contributed by atoms with Crippen LogP contribution in [-0.2, 0) is 16.6 Å². The minimum Gasteiger partial charge on any atom is -0.468 e. The van der Waals surface area contributed by atoms with Gasteiger partial charge in [0.25, 0.3) is 0 Å². The van der Waals surface area contributed by atoms with E-state index in [9.17, 15) is 4.79 Å². The van der Waals surface area contributed by atoms with Crippen LogP contribution in [0.3, 0.4) is 0 Å². The summed E-state index contributed by atoms with van der Waals surface area (Å²) in [6.07, 6.45) is 2.04. The smallest absolute Gasteiger partial charge is 0.323 e. The van der Waals surface area contributed by atoms with Gasteiger partial charge in [-0.3, -0.25) is 4.79 Å². The van der Waals surface area contributed by atoms with Crippen LogP contribution in [0.4, 0.5) is 0 Å². The molecule has 2 aromatic rings. The van der Waals surface area contributed by atoms with Crippen LogP contribution in [0.2, 0.25) is 0 Å². The average molecular weight is 260 g/mol. The lowest BCUT2D eigenvalue weighted by Crippen LogP contribution is -2.36. The molecule has 0 spiro atoms. The summed E-state index contributed by atoms with van der Waals surface area (Å²) in [6, 6.07) is 5.66. The molecule has 1 heterocycles. The van der Waals surface area contributed by atoms with Crippen LogP contribution in [0.5, 0.6) is 0 Å². The van der Waals surface area contributed by atoms with Gasteiger partial charge in [-0.15, -0.1) is 0 Å². The van der Waals surface area contributed by atoms with Crippen LogP contribution in [0.1, 0.15) is 24.0 Å². The molecule has 2 rings (SSSR count). The van der Waals surface area contributed by atoms with Crippen LogP contribution in [0.15, 0.2) is 24.4 Å². The molecule has 2 N–H and O–H groups in total. The summed E-state index contributed by atoms with van der Waals surface area (Å²) in [5.74, 6) is -0.463. The lowest BCUT2D eigenvalue weighted by atomic mass is 9.93. The Morgan fingerprint density at radius 2 is 2.11 bits per heavy atom. The third kappa shape index (κ3) is 2.36. The van der Waals surface area contributed by atoms with Crippen molar-refractivity contribution in [2.75, 3.05) is 7.11 Å². The van der Waals surface area contributed by atoms with Crippen LogP contribution >= 0.6 is 0 Å². The molecule has 19 heavy (non-hydrogen) atoms. The van der Waals surface area contributed by atoms with Gasteiger partial charge in [-0.25, -0.2) is 0 Å². The van der Waals surface area contributed by atoms with Gasteiger partial charge < -0.3 is 15.0 Å². The third-order valence-electron chi connectivity index (χ3n) is 3.68. The van der Waals surface area contributed by atoms with Gasteiger partial charge in [0.05, 0.1) is 7.11 Å². The zero-order valence-electron chi connectivity index (χ0n) is 11.8. The number of rotatable bonds is 3. The van der Waals surface area contributed by atoms with Crippen molar-refractivity contribution in [1.82, 2.24) is 4.57 Å². The molecular weight excluding hydrogens is 240 g/mol. The first-order valence-corrected chi connectivity index (χ1v) is 6.34. The number of methoxy groups -OCH3 is 1. The number of carbonyl (C=O) groups is 1. The highest BCUT2D eigenvalue weighted by Crippen LogP contribution is 2.29. The maximum absolute atomic E-state index is 11.6. The zero-order valence-corrected chi connectivity index (χ0v) is 11.8. The summed E-state index contributed by atoms with van der Waals surface area (Å²) < 4.78 is 6.79. The molecule has 1 aromatic heterocycles. The summed E-state index contributed by atoms with van der Waals surface area (Å²) in [4.78, 5) is 11.6. The van der Waals surface area contributed by atoms with E-state index in [2.05, 4.69) is 29.7 Å². The Kier molecular flexibility index (Phi) is 3.62. The lowest BCUT2D eigenvalue weighted by Gasteiger charge is -2.17. The molecule has 0 amide bonds. The van der Waals surface area contributed by atoms with Crippen LogP contribution in [0.25, 0.3) is 10.9 Å². The Labute approximate surface area is 113 Å². The quantitative estimate of drug-likeness (QED) is 0.860. The number of aryl methyl sites for hydroxylation is 2. The normalized spacial score (nSPS) is 14.4. The number of carbonyl (C=O) groups excluding carboxylic acids is 1. The summed E-state index contributed by atoms with van der Waals surface area (Å²) >= 11 is 0. The Hall–Kier alpha value is -1.81. The van der Waals surface area contributed by atoms with Gasteiger partial charge in [-0.2, -0.15) is 0 Å². The van der Waals surface area contributed by atoms with E-state index < -0.39 is 6.04 Å². The van der Waals surface area contributed by atoms with Crippen molar-refractivity contribution in [2.24, 2.45) is 12.8 Å². The summed E-state index contributed by atoms with van der Waals surface area (Å²) in [5, 5.41) is 1.15. The Bertz CT molecular complexity index is 616. The van der Waals surface area contributed by atoms with Gasteiger partial charge in [-0.1, -0.05) is 18.6 Å². The molecule has 0 fully saturated rings. The molecule has 2 atom stereocenters. The number of hydrogen-bond donors (Lipinski definition) is 1. The monoisotopic (exact) mass is 260 g/mol. The number of ether oxygens (including phenoxy) is 1. The molecule has 102 valence electrons. The molecule has 0 aliphatic rings. The van der Waals surface area contributed by atoms with E-state index >= 15 is 0 Å². The van der Waals surface area contributed by atoms with Crippen LogP contribution in [0, 0.1) is 6.92 Å². The zero-order chi connectivity index (χ0) is 14.2. The Balaban J connectivity index is 2.50. The average Bonchev–Trinajstić information content (AvgIpc) is 2.72. The number of nitrogens with zero attached hydrogens (tertiary/aromatic N) is 1. The molecule has 0 saturated carbocycles. The maximum Gasteiger partial charge on any atom is 0.323 e. The number of nitrogens with two attached hydrogens (primary N) is 1. The molecule has 0 radical (unpaired) electrons. The topological polar surface area (TPSA) is 57.2 Å². The molecule has 4 nitrogen and oxygen atoms in total. The number of esters is 1. The number of benzene rings is 1. The Morgan fingerprint density at radius 1 is 1.42 bits per heavy atom. The molecule has 4 heteroatoms. The minimum absolute atomic E-state index is 0.0852. The van der Waals surface area contributed by atoms with Gasteiger partial charge >= 0.3 is 5.97 Å². The SMILES string of the molecule is COC(=O)[C@H](N)[C@H](C)c1cn(C)c2ccc(C)cc12. The number of aromatic nitrogens is 1. The second-order valence-electron chi connectivity index (χ2n) is 5.05. The van der Waals surface area contributed by atoms with Crippen molar-refractivity contribution in [3.8, 4) is 0 Å². The van der Waals surface area contributed by atoms with Gasteiger partial charge in [0.1, 0.15) is 6.04 Å². The second-order valence-corrected chi connectivity index (χ2v) is 5.05. The van der Waals surface area contributed by atoms with Crippen molar-refractivity contribution in [1.29, 1.82) is 0 Å². The van der Waals surface area contributed by atoms with E-state index in [1.54, 1.807) is 0 Å². The standard InChI is InChI=1S/C15H20N2O2/c1-9-5-6-13-11(7-9)12(8-17(13)3)10(2)14(16)15(18)19-4/h5-8,10,14H,16H2,1-4H3/t10-,14-/m1/s1. The van der Waals surface area contributed by atoms with Gasteiger partial charge in [0, 0.05) is 30.1 Å². The first kappa shape index (κ1) is 13.6. The molecular formula is C15H20N2O2. The van der Waals surface area contributed by atoms with Crippen LogP contribution in [-0.4, -0.2) is 23.7 Å². The molecule has 0 unspecified atom stereocenters. The van der Waals surface area contributed by atoms with Crippen molar-refractivity contribution in [2.45, 2.75) is 25.8 Å². The van der Waals surface area contributed by atoms with Gasteiger partial charge in [-0.05, 0) is 24.6 Å². The van der Waals surface area contributed by atoms with E-state index in [0.29, 0.717) is 0 Å². The molecule has 0 aliphatic carbocycles. The van der Waals surface area contributed by atoms with Crippen molar-refractivity contribution in [3.63, 3.8) is 0 Å². The number of hydrogen-bond acceptors (Lipinski definition) is 3. The van der Waals surface area contributed by atoms with Gasteiger partial charge in [0.15, 0.2) is 0 Å². The van der Waals surface area contributed by atoms with Crippen molar-refractivity contribution in [3.05, 3.63) is 35.5 Å². The predicted molar refractivity (Wildman–Crippen MR) is 76.1 cm³/mol. The first-order valence-electron chi connectivity index (χ1n) is 6.34. The molecule has 1 aromatic carbocycles. The predicted octanol–water partition coefficient (Wildman–Crippen LogP) is 2.09. The fraction of sp³-hybridized carbons (Fsp3) is 0.400. The van der Waals surface area contributed by atoms with Crippen molar-refractivity contribution >= 4 is 16.9 Å². The van der Waals surface area contributed by atoms with E-state index in [1.165, 1.54) is 12.7 Å². The van der Waals surface area contributed by atoms with Crippen molar-refractivity contribution < 1.29 is 9.53 Å². The first-order chi connectivity index (χ1) is 8.95. The third-order valence-corrected chi connectivity index (χ3v) is 3.68. The highest BCUT2D eigenvalue weighted by molar-refractivity contribution is 5.86. The molecule has 0 saturated heterocycles. The highest BCUT2D eigenvalue weighted by Gasteiger charge is 2.25. The molecule has 0 bridgehead atoms. The van der Waals surface area contributed by atoms with E-state index in [4.69, 9.17) is 10.5 Å². The Morgan fingerprint density at radius 3 is 2.74 bits per heavy atom. The fourth-order valence-corrected chi connectivity index (χ4v) is 2.43. The van der Waals surface area contributed by atoms with E-state index in [-0.39, 0.29) is 11.9 Å². The number of fused-ring (bicyclic) bond motifs is 1. The summed E-state index contributed by atoms with van der Waals surface area (Å²) in [6.45, 7) is 4.01. The lowest BCUT2D eigenvalue weighted by molar-refractivity contribution is -0.142. The van der Waals surface area contributed by atoms with E-state index in [0.717, 1.165) is 16.5 Å². The minimum atomic E-state index is -0.642. The molecule has 0 aliphatic heterocycles. The maximum atomic E-state index is 11.6. The highest BCUT2D eigenvalue weighted by atomic mass is 16.5. The largest absolute Gasteiger partial charge is 0.468 e. The fourth-order valence-electron chi connectivity index (χ4n) is 2.43. The summed E-state index contributed by atoms with van der Waals surface area (Å²) in [5.41, 5.74) is 9.38.